The smallest absolute Gasteiger partial charge is 0.192 e. The molecule has 0 atom stereocenters. The number of fused-ring (bicyclic) bond motifs is 5. The monoisotopic (exact) mass is 383 g/mol. The Balaban J connectivity index is 1.45. The van der Waals surface area contributed by atoms with Gasteiger partial charge in [0.2, 0.25) is 0 Å². The summed E-state index contributed by atoms with van der Waals surface area (Å²) in [4.78, 5) is 18.4. The van der Waals surface area contributed by atoms with Crippen LogP contribution < -0.4 is 0 Å². The van der Waals surface area contributed by atoms with Crippen LogP contribution in [-0.2, 0) is 24.3 Å². The van der Waals surface area contributed by atoms with E-state index >= 15 is 0 Å². The van der Waals surface area contributed by atoms with Crippen LogP contribution in [0.2, 0.25) is 0 Å². The number of aromatic nitrogens is 4. The molecule has 0 spiro atoms. The molecule has 4 aromatic heterocycles. The van der Waals surface area contributed by atoms with Crippen LogP contribution >= 0.6 is 22.7 Å². The van der Waals surface area contributed by atoms with Gasteiger partial charge < -0.3 is 4.84 Å². The second-order valence-electron chi connectivity index (χ2n) is 6.36. The first-order valence-corrected chi connectivity index (χ1v) is 10.3. The van der Waals surface area contributed by atoms with E-state index in [-0.39, 0.29) is 6.61 Å². The Morgan fingerprint density at radius 1 is 1.35 bits per heavy atom. The van der Waals surface area contributed by atoms with E-state index in [1.165, 1.54) is 28.7 Å². The highest BCUT2D eigenvalue weighted by molar-refractivity contribution is 7.19. The highest BCUT2D eigenvalue weighted by atomic mass is 32.1. The van der Waals surface area contributed by atoms with E-state index in [1.807, 2.05) is 24.4 Å². The van der Waals surface area contributed by atoms with Gasteiger partial charge in [-0.3, -0.25) is 0 Å². The summed E-state index contributed by atoms with van der Waals surface area (Å²) in [6.45, 7) is 2.19. The predicted molar refractivity (Wildman–Crippen MR) is 104 cm³/mol. The van der Waals surface area contributed by atoms with Gasteiger partial charge in [0.25, 0.3) is 0 Å². The Bertz CT molecular complexity index is 1110. The van der Waals surface area contributed by atoms with Gasteiger partial charge in [0, 0.05) is 4.88 Å². The third-order valence-corrected chi connectivity index (χ3v) is 6.79. The minimum Gasteiger partial charge on any atom is -0.387 e. The number of hydrogen-bond acceptors (Lipinski definition) is 7. The van der Waals surface area contributed by atoms with Gasteiger partial charge in [-0.1, -0.05) is 11.2 Å². The molecular formula is C18H17N5OS2. The number of hydrogen-bond donors (Lipinski definition) is 0. The summed E-state index contributed by atoms with van der Waals surface area (Å²) in [7, 11) is 0. The van der Waals surface area contributed by atoms with Crippen LogP contribution in [-0.4, -0.2) is 25.3 Å². The number of thiophene rings is 2. The molecule has 0 radical (unpaired) electrons. The average molecular weight is 384 g/mol. The van der Waals surface area contributed by atoms with Gasteiger partial charge in [0.1, 0.15) is 11.2 Å². The first-order valence-electron chi connectivity index (χ1n) is 8.64. The average Bonchev–Trinajstić information content (AvgIpc) is 3.38. The molecule has 0 saturated carbocycles. The molecule has 6 nitrogen and oxygen atoms in total. The van der Waals surface area contributed by atoms with Crippen molar-refractivity contribution < 1.29 is 4.84 Å². The first kappa shape index (κ1) is 15.9. The van der Waals surface area contributed by atoms with Crippen molar-refractivity contribution in [3.8, 4) is 0 Å². The summed E-state index contributed by atoms with van der Waals surface area (Å²) in [6, 6.07) is 4.03. The highest BCUT2D eigenvalue weighted by Gasteiger charge is 2.20. The molecule has 132 valence electrons. The Labute approximate surface area is 158 Å². The number of oxime groups is 1. The SMILES string of the molecule is CC(=NOCc1nc2c3c4c(sc3ncn2n1)CCCC4)c1cccs1. The second-order valence-corrected chi connectivity index (χ2v) is 8.39. The maximum Gasteiger partial charge on any atom is 0.192 e. The molecule has 5 rings (SSSR count). The molecule has 4 aromatic rings. The zero-order valence-electron chi connectivity index (χ0n) is 14.3. The van der Waals surface area contributed by atoms with E-state index < -0.39 is 0 Å². The number of rotatable bonds is 4. The summed E-state index contributed by atoms with van der Waals surface area (Å²) in [5, 5.41) is 11.9. The van der Waals surface area contributed by atoms with Crippen molar-refractivity contribution in [3.63, 3.8) is 0 Å². The van der Waals surface area contributed by atoms with Gasteiger partial charge in [-0.05, 0) is 49.6 Å². The molecule has 0 aliphatic heterocycles. The van der Waals surface area contributed by atoms with Crippen LogP contribution in [0.1, 0.15) is 40.9 Å². The fraction of sp³-hybridized carbons (Fsp3) is 0.333. The molecular weight excluding hydrogens is 366 g/mol. The summed E-state index contributed by atoms with van der Waals surface area (Å²) >= 11 is 3.44. The first-order chi connectivity index (χ1) is 12.8. The van der Waals surface area contributed by atoms with Gasteiger partial charge in [0.05, 0.1) is 16.0 Å². The van der Waals surface area contributed by atoms with Crippen molar-refractivity contribution in [1.29, 1.82) is 0 Å². The quantitative estimate of drug-likeness (QED) is 0.391. The topological polar surface area (TPSA) is 64.7 Å². The lowest BCUT2D eigenvalue weighted by atomic mass is 9.97. The maximum absolute atomic E-state index is 5.48. The largest absolute Gasteiger partial charge is 0.387 e. The fourth-order valence-corrected chi connectivity index (χ4v) is 5.27. The van der Waals surface area contributed by atoms with Crippen molar-refractivity contribution in [2.45, 2.75) is 39.2 Å². The van der Waals surface area contributed by atoms with Gasteiger partial charge in [-0.15, -0.1) is 27.8 Å². The summed E-state index contributed by atoms with van der Waals surface area (Å²) in [5.41, 5.74) is 3.16. The summed E-state index contributed by atoms with van der Waals surface area (Å²) < 4.78 is 1.76. The van der Waals surface area contributed by atoms with Crippen LogP contribution in [0.25, 0.3) is 15.9 Å². The van der Waals surface area contributed by atoms with E-state index in [0.717, 1.165) is 33.9 Å². The molecule has 0 unspecified atom stereocenters. The van der Waals surface area contributed by atoms with Gasteiger partial charge in [-0.25, -0.2) is 14.5 Å². The van der Waals surface area contributed by atoms with Gasteiger partial charge in [-0.2, -0.15) is 0 Å². The molecule has 0 aromatic carbocycles. The molecule has 0 saturated heterocycles. The van der Waals surface area contributed by atoms with Crippen molar-refractivity contribution in [3.05, 3.63) is 45.0 Å². The molecule has 0 amide bonds. The highest BCUT2D eigenvalue weighted by Crippen LogP contribution is 2.36. The van der Waals surface area contributed by atoms with Crippen LogP contribution in [0, 0.1) is 0 Å². The summed E-state index contributed by atoms with van der Waals surface area (Å²) in [6.07, 6.45) is 6.52. The minimum atomic E-state index is 0.248. The van der Waals surface area contributed by atoms with E-state index in [4.69, 9.17) is 9.82 Å². The van der Waals surface area contributed by atoms with Gasteiger partial charge in [0.15, 0.2) is 18.1 Å². The van der Waals surface area contributed by atoms with Crippen molar-refractivity contribution >= 4 is 44.2 Å². The Hall–Kier alpha value is -2.32. The number of aryl methyl sites for hydroxylation is 2. The van der Waals surface area contributed by atoms with Crippen LogP contribution in [0.5, 0.6) is 0 Å². The molecule has 1 aliphatic rings. The normalized spacial score (nSPS) is 14.9. The predicted octanol–water partition coefficient (Wildman–Crippen LogP) is 4.22. The zero-order valence-corrected chi connectivity index (χ0v) is 15.9. The van der Waals surface area contributed by atoms with Crippen molar-refractivity contribution in [2.24, 2.45) is 5.16 Å². The summed E-state index contributed by atoms with van der Waals surface area (Å²) in [5.74, 6) is 0.623. The van der Waals surface area contributed by atoms with E-state index in [9.17, 15) is 0 Å². The van der Waals surface area contributed by atoms with Crippen LogP contribution in [0.4, 0.5) is 0 Å². The van der Waals surface area contributed by atoms with Crippen molar-refractivity contribution in [2.75, 3.05) is 0 Å². The lowest BCUT2D eigenvalue weighted by Crippen LogP contribution is -1.99. The Morgan fingerprint density at radius 3 is 3.15 bits per heavy atom. The van der Waals surface area contributed by atoms with E-state index in [0.29, 0.717) is 5.82 Å². The second kappa shape index (κ2) is 6.44. The molecule has 8 heteroatoms. The Morgan fingerprint density at radius 2 is 2.27 bits per heavy atom. The van der Waals surface area contributed by atoms with Crippen LogP contribution in [0.15, 0.2) is 29.0 Å². The van der Waals surface area contributed by atoms with E-state index in [2.05, 4.69) is 15.2 Å². The lowest BCUT2D eigenvalue weighted by Gasteiger charge is -2.09. The molecule has 0 bridgehead atoms. The molecule has 1 aliphatic carbocycles. The standard InChI is InChI=1S/C18H17N5OS2/c1-11(13-7-4-8-25-13)22-24-9-15-20-17-16-12-5-2-3-6-14(12)26-18(16)19-10-23(17)21-15/h4,7-8,10H,2-3,5-6,9H2,1H3. The van der Waals surface area contributed by atoms with Gasteiger partial charge >= 0.3 is 0 Å². The maximum atomic E-state index is 5.48. The fourth-order valence-electron chi connectivity index (χ4n) is 3.38. The minimum absolute atomic E-state index is 0.248. The van der Waals surface area contributed by atoms with Crippen molar-refractivity contribution in [1.82, 2.24) is 19.6 Å². The molecule has 26 heavy (non-hydrogen) atoms. The lowest BCUT2D eigenvalue weighted by molar-refractivity contribution is 0.125. The zero-order chi connectivity index (χ0) is 17.5. The molecule has 0 fully saturated rings. The van der Waals surface area contributed by atoms with E-state index in [1.54, 1.807) is 33.5 Å². The van der Waals surface area contributed by atoms with Crippen LogP contribution in [0.3, 0.4) is 0 Å². The third-order valence-electron chi connectivity index (χ3n) is 4.61. The Kier molecular flexibility index (Phi) is 3.94. The molecule has 0 N–H and O–H groups in total. The molecule has 4 heterocycles. The third kappa shape index (κ3) is 2.69. The number of nitrogens with zero attached hydrogens (tertiary/aromatic N) is 5.